The van der Waals surface area contributed by atoms with Gasteiger partial charge < -0.3 is 19.8 Å². The summed E-state index contributed by atoms with van der Waals surface area (Å²) in [5.74, 6) is 1.57. The molecular weight excluding hydrogens is 370 g/mol. The SMILES string of the molecule is Cc1ccc(C(CNC(=O)CCCNC(=O)c2ccccc2)N2CCOCC2)o1. The van der Waals surface area contributed by atoms with Crippen molar-refractivity contribution >= 4 is 11.8 Å². The Balaban J connectivity index is 1.42. The minimum Gasteiger partial charge on any atom is -0.465 e. The molecule has 3 rings (SSSR count). The lowest BCUT2D eigenvalue weighted by Crippen LogP contribution is -2.43. The van der Waals surface area contributed by atoms with Crippen molar-refractivity contribution in [1.29, 1.82) is 0 Å². The van der Waals surface area contributed by atoms with Gasteiger partial charge in [-0.25, -0.2) is 0 Å². The number of morpholine rings is 1. The smallest absolute Gasteiger partial charge is 0.251 e. The number of amides is 2. The van der Waals surface area contributed by atoms with Gasteiger partial charge in [-0.05, 0) is 37.6 Å². The molecule has 1 aromatic heterocycles. The van der Waals surface area contributed by atoms with Gasteiger partial charge in [0.05, 0.1) is 19.3 Å². The van der Waals surface area contributed by atoms with Crippen LogP contribution in [0, 0.1) is 6.92 Å². The Morgan fingerprint density at radius 3 is 2.52 bits per heavy atom. The summed E-state index contributed by atoms with van der Waals surface area (Å²) in [5.41, 5.74) is 0.624. The molecule has 29 heavy (non-hydrogen) atoms. The van der Waals surface area contributed by atoms with Gasteiger partial charge in [-0.1, -0.05) is 18.2 Å². The van der Waals surface area contributed by atoms with E-state index in [0.717, 1.165) is 24.6 Å². The second-order valence-electron chi connectivity index (χ2n) is 7.14. The summed E-state index contributed by atoms with van der Waals surface area (Å²) < 4.78 is 11.3. The molecule has 2 N–H and O–H groups in total. The van der Waals surface area contributed by atoms with Crippen LogP contribution in [-0.2, 0) is 9.53 Å². The quantitative estimate of drug-likeness (QED) is 0.632. The summed E-state index contributed by atoms with van der Waals surface area (Å²) >= 11 is 0. The molecule has 0 spiro atoms. The maximum atomic E-state index is 12.3. The van der Waals surface area contributed by atoms with Crippen LogP contribution < -0.4 is 10.6 Å². The Morgan fingerprint density at radius 1 is 1.07 bits per heavy atom. The molecule has 0 saturated carbocycles. The molecule has 1 saturated heterocycles. The van der Waals surface area contributed by atoms with Crippen LogP contribution in [0.5, 0.6) is 0 Å². The van der Waals surface area contributed by atoms with E-state index < -0.39 is 0 Å². The summed E-state index contributed by atoms with van der Waals surface area (Å²) in [7, 11) is 0. The van der Waals surface area contributed by atoms with E-state index in [1.807, 2.05) is 37.3 Å². The van der Waals surface area contributed by atoms with Gasteiger partial charge in [0.25, 0.3) is 5.91 Å². The van der Waals surface area contributed by atoms with Crippen molar-refractivity contribution in [2.75, 3.05) is 39.4 Å². The lowest BCUT2D eigenvalue weighted by Gasteiger charge is -2.33. The normalized spacial score (nSPS) is 15.6. The Morgan fingerprint density at radius 2 is 1.83 bits per heavy atom. The van der Waals surface area contributed by atoms with Crippen LogP contribution in [0.3, 0.4) is 0 Å². The number of rotatable bonds is 9. The highest BCUT2D eigenvalue weighted by Crippen LogP contribution is 2.23. The maximum absolute atomic E-state index is 12.3. The average molecular weight is 399 g/mol. The Hall–Kier alpha value is -2.64. The number of hydrogen-bond donors (Lipinski definition) is 2. The zero-order chi connectivity index (χ0) is 20.5. The van der Waals surface area contributed by atoms with E-state index in [1.54, 1.807) is 12.1 Å². The van der Waals surface area contributed by atoms with Gasteiger partial charge in [0.1, 0.15) is 11.5 Å². The van der Waals surface area contributed by atoms with Gasteiger partial charge in [0.2, 0.25) is 5.91 Å². The van der Waals surface area contributed by atoms with E-state index in [-0.39, 0.29) is 17.9 Å². The Bertz CT molecular complexity index is 784. The second kappa shape index (κ2) is 10.8. The number of nitrogens with zero attached hydrogens (tertiary/aromatic N) is 1. The van der Waals surface area contributed by atoms with E-state index >= 15 is 0 Å². The van der Waals surface area contributed by atoms with Crippen molar-refractivity contribution in [2.45, 2.75) is 25.8 Å². The minimum atomic E-state index is -0.119. The van der Waals surface area contributed by atoms with Crippen LogP contribution in [-0.4, -0.2) is 56.1 Å². The first-order valence-electron chi connectivity index (χ1n) is 10.1. The fraction of sp³-hybridized carbons (Fsp3) is 0.455. The molecule has 7 heteroatoms. The molecule has 2 amide bonds. The largest absolute Gasteiger partial charge is 0.465 e. The first-order chi connectivity index (χ1) is 14.1. The van der Waals surface area contributed by atoms with Crippen molar-refractivity contribution in [1.82, 2.24) is 15.5 Å². The predicted molar refractivity (Wildman–Crippen MR) is 110 cm³/mol. The summed E-state index contributed by atoms with van der Waals surface area (Å²) in [6.07, 6.45) is 0.953. The molecule has 156 valence electrons. The number of carbonyl (C=O) groups excluding carboxylic acids is 2. The summed E-state index contributed by atoms with van der Waals surface area (Å²) in [4.78, 5) is 26.6. The molecule has 2 aromatic rings. The van der Waals surface area contributed by atoms with Crippen LogP contribution >= 0.6 is 0 Å². The van der Waals surface area contributed by atoms with Gasteiger partial charge in [0.15, 0.2) is 0 Å². The third-order valence-electron chi connectivity index (χ3n) is 4.97. The van der Waals surface area contributed by atoms with Crippen LogP contribution in [0.15, 0.2) is 46.9 Å². The number of carbonyl (C=O) groups is 2. The molecule has 1 atom stereocenters. The third kappa shape index (κ3) is 6.44. The lowest BCUT2D eigenvalue weighted by molar-refractivity contribution is -0.121. The fourth-order valence-electron chi connectivity index (χ4n) is 3.37. The number of furan rings is 1. The Kier molecular flexibility index (Phi) is 7.84. The van der Waals surface area contributed by atoms with E-state index in [0.29, 0.717) is 44.7 Å². The van der Waals surface area contributed by atoms with E-state index in [1.165, 1.54) is 0 Å². The van der Waals surface area contributed by atoms with Crippen molar-refractivity contribution in [2.24, 2.45) is 0 Å². The molecule has 1 aromatic carbocycles. The fourth-order valence-corrected chi connectivity index (χ4v) is 3.37. The molecule has 1 aliphatic rings. The first-order valence-corrected chi connectivity index (χ1v) is 10.1. The van der Waals surface area contributed by atoms with Crippen molar-refractivity contribution in [3.63, 3.8) is 0 Å². The zero-order valence-corrected chi connectivity index (χ0v) is 16.9. The molecule has 0 radical (unpaired) electrons. The lowest BCUT2D eigenvalue weighted by atomic mass is 10.1. The topological polar surface area (TPSA) is 83.8 Å². The van der Waals surface area contributed by atoms with Gasteiger partial charge in [-0.3, -0.25) is 14.5 Å². The molecule has 1 fully saturated rings. The Labute approximate surface area is 171 Å². The monoisotopic (exact) mass is 399 g/mol. The number of ether oxygens (including phenoxy) is 1. The highest BCUT2D eigenvalue weighted by atomic mass is 16.5. The zero-order valence-electron chi connectivity index (χ0n) is 16.9. The van der Waals surface area contributed by atoms with Gasteiger partial charge >= 0.3 is 0 Å². The number of benzene rings is 1. The van der Waals surface area contributed by atoms with Crippen LogP contribution in [0.1, 0.15) is 40.8 Å². The molecule has 0 bridgehead atoms. The summed E-state index contributed by atoms with van der Waals surface area (Å²) in [6, 6.07) is 13.0. The van der Waals surface area contributed by atoms with Crippen LogP contribution in [0.4, 0.5) is 0 Å². The average Bonchev–Trinajstić information content (AvgIpc) is 3.18. The standard InChI is InChI=1S/C22H29N3O4/c1-17-9-10-20(29-17)19(25-12-14-28-15-13-25)16-24-21(26)8-5-11-23-22(27)18-6-3-2-4-7-18/h2-4,6-7,9-10,19H,5,8,11-16H2,1H3,(H,23,27)(H,24,26). The first kappa shape index (κ1) is 21.1. The predicted octanol–water partition coefficient (Wildman–Crippen LogP) is 2.29. The summed E-state index contributed by atoms with van der Waals surface area (Å²) in [6.45, 7) is 5.86. The molecule has 1 aliphatic heterocycles. The van der Waals surface area contributed by atoms with E-state index in [9.17, 15) is 9.59 Å². The molecule has 0 aliphatic carbocycles. The van der Waals surface area contributed by atoms with Crippen LogP contribution in [0.2, 0.25) is 0 Å². The second-order valence-corrected chi connectivity index (χ2v) is 7.14. The third-order valence-corrected chi connectivity index (χ3v) is 4.97. The van der Waals surface area contributed by atoms with Gasteiger partial charge in [-0.2, -0.15) is 0 Å². The minimum absolute atomic E-state index is 0.00525. The van der Waals surface area contributed by atoms with Crippen molar-refractivity contribution in [3.8, 4) is 0 Å². The molecular formula is C22H29N3O4. The number of nitrogens with one attached hydrogen (secondary N) is 2. The molecule has 7 nitrogen and oxygen atoms in total. The van der Waals surface area contributed by atoms with Crippen molar-refractivity contribution in [3.05, 3.63) is 59.5 Å². The van der Waals surface area contributed by atoms with E-state index in [4.69, 9.17) is 9.15 Å². The van der Waals surface area contributed by atoms with E-state index in [2.05, 4.69) is 15.5 Å². The molecule has 2 heterocycles. The maximum Gasteiger partial charge on any atom is 0.251 e. The number of hydrogen-bond acceptors (Lipinski definition) is 5. The van der Waals surface area contributed by atoms with Gasteiger partial charge in [0, 0.05) is 38.2 Å². The number of aryl methyl sites for hydroxylation is 1. The van der Waals surface area contributed by atoms with Crippen LogP contribution in [0.25, 0.3) is 0 Å². The highest BCUT2D eigenvalue weighted by Gasteiger charge is 2.25. The molecule has 1 unspecified atom stereocenters. The van der Waals surface area contributed by atoms with Gasteiger partial charge in [-0.15, -0.1) is 0 Å². The van der Waals surface area contributed by atoms with Crippen molar-refractivity contribution < 1.29 is 18.7 Å². The highest BCUT2D eigenvalue weighted by molar-refractivity contribution is 5.94. The summed E-state index contributed by atoms with van der Waals surface area (Å²) in [5, 5.41) is 5.86.